The Labute approximate surface area is 112 Å². The SMILES string of the molecule is C#CCC(CC)NC(=O)c1ccc(Cl)cc1OC. The fourth-order valence-electron chi connectivity index (χ4n) is 1.56. The molecular formula is C14H16ClNO2. The van der Waals surface area contributed by atoms with Crippen molar-refractivity contribution in [3.63, 3.8) is 0 Å². The fraction of sp³-hybridized carbons (Fsp3) is 0.357. The van der Waals surface area contributed by atoms with Gasteiger partial charge in [0.2, 0.25) is 0 Å². The molecule has 3 nitrogen and oxygen atoms in total. The molecule has 0 saturated carbocycles. The molecule has 0 spiro atoms. The van der Waals surface area contributed by atoms with Gasteiger partial charge in [0.1, 0.15) is 5.75 Å². The van der Waals surface area contributed by atoms with Gasteiger partial charge in [-0.1, -0.05) is 18.5 Å². The third-order valence-electron chi connectivity index (χ3n) is 2.60. The van der Waals surface area contributed by atoms with Crippen LogP contribution >= 0.6 is 11.6 Å². The molecule has 1 amide bonds. The highest BCUT2D eigenvalue weighted by Gasteiger charge is 2.15. The maximum atomic E-state index is 12.1. The second kappa shape index (κ2) is 6.93. The van der Waals surface area contributed by atoms with E-state index in [9.17, 15) is 4.79 Å². The fourth-order valence-corrected chi connectivity index (χ4v) is 1.72. The third-order valence-corrected chi connectivity index (χ3v) is 2.84. The summed E-state index contributed by atoms with van der Waals surface area (Å²) >= 11 is 5.84. The summed E-state index contributed by atoms with van der Waals surface area (Å²) in [7, 11) is 1.50. The number of hydrogen-bond donors (Lipinski definition) is 1. The second-order valence-electron chi connectivity index (χ2n) is 3.83. The number of nitrogens with one attached hydrogen (secondary N) is 1. The molecule has 0 aliphatic rings. The van der Waals surface area contributed by atoms with Crippen molar-refractivity contribution in [2.45, 2.75) is 25.8 Å². The lowest BCUT2D eigenvalue weighted by atomic mass is 10.1. The van der Waals surface area contributed by atoms with E-state index in [0.717, 1.165) is 6.42 Å². The molecule has 1 atom stereocenters. The predicted molar refractivity (Wildman–Crippen MR) is 73.0 cm³/mol. The van der Waals surface area contributed by atoms with Gasteiger partial charge in [0.05, 0.1) is 12.7 Å². The molecule has 0 aliphatic carbocycles. The number of hydrogen-bond acceptors (Lipinski definition) is 2. The van der Waals surface area contributed by atoms with Crippen molar-refractivity contribution in [3.8, 4) is 18.1 Å². The second-order valence-corrected chi connectivity index (χ2v) is 4.27. The minimum Gasteiger partial charge on any atom is -0.496 e. The van der Waals surface area contributed by atoms with E-state index in [1.165, 1.54) is 7.11 Å². The van der Waals surface area contributed by atoms with E-state index in [-0.39, 0.29) is 11.9 Å². The summed E-state index contributed by atoms with van der Waals surface area (Å²) in [6.07, 6.45) is 6.55. The van der Waals surface area contributed by atoms with Gasteiger partial charge in [-0.05, 0) is 24.6 Å². The van der Waals surface area contributed by atoms with Gasteiger partial charge in [0.25, 0.3) is 5.91 Å². The zero-order valence-electron chi connectivity index (χ0n) is 10.5. The average Bonchev–Trinajstić information content (AvgIpc) is 2.37. The quantitative estimate of drug-likeness (QED) is 0.832. The first-order chi connectivity index (χ1) is 8.62. The van der Waals surface area contributed by atoms with E-state index in [1.807, 2.05) is 6.92 Å². The Bertz CT molecular complexity index is 465. The number of halogens is 1. The summed E-state index contributed by atoms with van der Waals surface area (Å²) < 4.78 is 5.14. The van der Waals surface area contributed by atoms with Crippen LogP contribution in [0.25, 0.3) is 0 Å². The lowest BCUT2D eigenvalue weighted by molar-refractivity contribution is 0.0933. The van der Waals surface area contributed by atoms with Gasteiger partial charge in [-0.2, -0.15) is 0 Å². The number of rotatable bonds is 5. The Morgan fingerprint density at radius 1 is 1.61 bits per heavy atom. The van der Waals surface area contributed by atoms with E-state index in [1.54, 1.807) is 18.2 Å². The van der Waals surface area contributed by atoms with Crippen LogP contribution in [0.1, 0.15) is 30.1 Å². The molecule has 1 rings (SSSR count). The van der Waals surface area contributed by atoms with Crippen LogP contribution < -0.4 is 10.1 Å². The monoisotopic (exact) mass is 265 g/mol. The molecule has 1 aromatic rings. The Balaban J connectivity index is 2.87. The molecule has 0 aromatic heterocycles. The normalized spacial score (nSPS) is 11.4. The molecule has 0 heterocycles. The number of carbonyl (C=O) groups is 1. The van der Waals surface area contributed by atoms with Crippen LogP contribution in [0.3, 0.4) is 0 Å². The summed E-state index contributed by atoms with van der Waals surface area (Å²) in [6, 6.07) is 4.88. The van der Waals surface area contributed by atoms with Crippen molar-refractivity contribution in [2.24, 2.45) is 0 Å². The number of benzene rings is 1. The van der Waals surface area contributed by atoms with Gasteiger partial charge >= 0.3 is 0 Å². The smallest absolute Gasteiger partial charge is 0.255 e. The Morgan fingerprint density at radius 2 is 2.33 bits per heavy atom. The Morgan fingerprint density at radius 3 is 2.89 bits per heavy atom. The largest absolute Gasteiger partial charge is 0.496 e. The minimum atomic E-state index is -0.203. The number of ether oxygens (including phenoxy) is 1. The van der Waals surface area contributed by atoms with Gasteiger partial charge in [0.15, 0.2) is 0 Å². The summed E-state index contributed by atoms with van der Waals surface area (Å²) in [5.41, 5.74) is 0.456. The van der Waals surface area contributed by atoms with Crippen LogP contribution in [0.4, 0.5) is 0 Å². The lowest BCUT2D eigenvalue weighted by Gasteiger charge is -2.15. The first-order valence-corrected chi connectivity index (χ1v) is 6.08. The molecule has 0 aliphatic heterocycles. The van der Waals surface area contributed by atoms with E-state index in [0.29, 0.717) is 22.8 Å². The molecule has 96 valence electrons. The predicted octanol–water partition coefficient (Wildman–Crippen LogP) is 2.88. The van der Waals surface area contributed by atoms with Crippen molar-refractivity contribution in [1.82, 2.24) is 5.32 Å². The van der Waals surface area contributed by atoms with Gasteiger partial charge in [-0.25, -0.2) is 0 Å². The summed E-state index contributed by atoms with van der Waals surface area (Å²) in [6.45, 7) is 1.97. The summed E-state index contributed by atoms with van der Waals surface area (Å²) in [5.74, 6) is 2.80. The standard InChI is InChI=1S/C14H16ClNO2/c1-4-6-11(5-2)16-14(17)12-8-7-10(15)9-13(12)18-3/h1,7-9,11H,5-6H2,2-3H3,(H,16,17). The lowest BCUT2D eigenvalue weighted by Crippen LogP contribution is -2.34. The topological polar surface area (TPSA) is 38.3 Å². The first-order valence-electron chi connectivity index (χ1n) is 5.70. The van der Waals surface area contributed by atoms with Crippen LogP contribution in [-0.4, -0.2) is 19.1 Å². The number of methoxy groups -OCH3 is 1. The highest BCUT2D eigenvalue weighted by atomic mass is 35.5. The van der Waals surface area contributed by atoms with Crippen molar-refractivity contribution >= 4 is 17.5 Å². The zero-order valence-corrected chi connectivity index (χ0v) is 11.3. The first kappa shape index (κ1) is 14.4. The highest BCUT2D eigenvalue weighted by molar-refractivity contribution is 6.30. The molecule has 4 heteroatoms. The third kappa shape index (κ3) is 3.68. The molecule has 0 fully saturated rings. The minimum absolute atomic E-state index is 0.0251. The molecule has 1 unspecified atom stereocenters. The van der Waals surface area contributed by atoms with Crippen LogP contribution in [0.5, 0.6) is 5.75 Å². The summed E-state index contributed by atoms with van der Waals surface area (Å²) in [5, 5.41) is 3.40. The maximum absolute atomic E-state index is 12.1. The van der Waals surface area contributed by atoms with Crippen molar-refractivity contribution in [3.05, 3.63) is 28.8 Å². The molecule has 18 heavy (non-hydrogen) atoms. The van der Waals surface area contributed by atoms with Gasteiger partial charge in [-0.3, -0.25) is 4.79 Å². The van der Waals surface area contributed by atoms with Crippen LogP contribution in [0.15, 0.2) is 18.2 Å². The molecule has 0 bridgehead atoms. The van der Waals surface area contributed by atoms with Crippen LogP contribution in [0, 0.1) is 12.3 Å². The Hall–Kier alpha value is -1.66. The van der Waals surface area contributed by atoms with E-state index in [4.69, 9.17) is 22.8 Å². The number of amides is 1. The molecule has 1 N–H and O–H groups in total. The van der Waals surface area contributed by atoms with Gasteiger partial charge in [0, 0.05) is 17.5 Å². The van der Waals surface area contributed by atoms with E-state index < -0.39 is 0 Å². The van der Waals surface area contributed by atoms with Crippen LogP contribution in [-0.2, 0) is 0 Å². The molecule has 0 saturated heterocycles. The van der Waals surface area contributed by atoms with E-state index in [2.05, 4.69) is 11.2 Å². The van der Waals surface area contributed by atoms with Crippen LogP contribution in [0.2, 0.25) is 5.02 Å². The maximum Gasteiger partial charge on any atom is 0.255 e. The van der Waals surface area contributed by atoms with Crippen molar-refractivity contribution < 1.29 is 9.53 Å². The molecular weight excluding hydrogens is 250 g/mol. The molecule has 0 radical (unpaired) electrons. The van der Waals surface area contributed by atoms with Gasteiger partial charge in [-0.15, -0.1) is 12.3 Å². The highest BCUT2D eigenvalue weighted by Crippen LogP contribution is 2.23. The van der Waals surface area contributed by atoms with Crippen molar-refractivity contribution in [1.29, 1.82) is 0 Å². The summed E-state index contributed by atoms with van der Waals surface area (Å²) in [4.78, 5) is 12.1. The van der Waals surface area contributed by atoms with Gasteiger partial charge < -0.3 is 10.1 Å². The zero-order chi connectivity index (χ0) is 13.5. The number of terminal acetylenes is 1. The molecule has 1 aromatic carbocycles. The average molecular weight is 266 g/mol. The Kier molecular flexibility index (Phi) is 5.54. The number of carbonyl (C=O) groups excluding carboxylic acids is 1. The van der Waals surface area contributed by atoms with E-state index >= 15 is 0 Å². The van der Waals surface area contributed by atoms with Crippen molar-refractivity contribution in [2.75, 3.05) is 7.11 Å².